The van der Waals surface area contributed by atoms with E-state index in [4.69, 9.17) is 14.0 Å². The third-order valence-corrected chi connectivity index (χ3v) is 4.26. The Kier molecular flexibility index (Phi) is 6.63. The Morgan fingerprint density at radius 3 is 2.48 bits per heavy atom. The van der Waals surface area contributed by atoms with Crippen LogP contribution in [0.2, 0.25) is 0 Å². The molecule has 0 bridgehead atoms. The van der Waals surface area contributed by atoms with E-state index in [2.05, 4.69) is 10.5 Å². The molecule has 0 saturated carbocycles. The molecule has 0 atom stereocenters. The zero-order valence-corrected chi connectivity index (χ0v) is 16.3. The van der Waals surface area contributed by atoms with E-state index in [1.54, 1.807) is 25.1 Å². The Morgan fingerprint density at radius 2 is 1.76 bits per heavy atom. The zero-order chi connectivity index (χ0) is 20.6. The van der Waals surface area contributed by atoms with Crippen LogP contribution in [0.4, 0.5) is 5.69 Å². The lowest BCUT2D eigenvalue weighted by Crippen LogP contribution is -2.21. The summed E-state index contributed by atoms with van der Waals surface area (Å²) in [5, 5.41) is 6.56. The van der Waals surface area contributed by atoms with Gasteiger partial charge >= 0.3 is 5.97 Å². The number of amides is 1. The molecule has 29 heavy (non-hydrogen) atoms. The molecule has 1 N–H and O–H groups in total. The number of hydrogen-bond acceptors (Lipinski definition) is 6. The fraction of sp³-hybridized carbons (Fsp3) is 0.227. The van der Waals surface area contributed by atoms with Gasteiger partial charge in [-0.15, -0.1) is 0 Å². The standard InChI is InChI=1S/C22H22N2O5/c1-15-18(16(2)29-24-15)12-13-22(26)27-14-21(25)23-19-10-6-7-11-20(19)28-17-8-4-3-5-9-17/h3-11H,12-14H2,1-2H3,(H,23,25). The van der Waals surface area contributed by atoms with Crippen molar-refractivity contribution in [2.45, 2.75) is 26.7 Å². The number of rotatable bonds is 8. The minimum atomic E-state index is -0.464. The summed E-state index contributed by atoms with van der Waals surface area (Å²) in [5.74, 6) is 0.925. The van der Waals surface area contributed by atoms with Crippen LogP contribution in [0.3, 0.4) is 0 Å². The molecule has 0 aliphatic heterocycles. The quantitative estimate of drug-likeness (QED) is 0.576. The van der Waals surface area contributed by atoms with Crippen LogP contribution in [0.25, 0.3) is 0 Å². The number of hydrogen-bond donors (Lipinski definition) is 1. The van der Waals surface area contributed by atoms with Crippen molar-refractivity contribution in [1.29, 1.82) is 0 Å². The fourth-order valence-corrected chi connectivity index (χ4v) is 2.76. The van der Waals surface area contributed by atoms with Crippen LogP contribution in [0.15, 0.2) is 59.1 Å². The second-order valence-electron chi connectivity index (χ2n) is 6.42. The van der Waals surface area contributed by atoms with Crippen LogP contribution in [-0.4, -0.2) is 23.6 Å². The highest BCUT2D eigenvalue weighted by molar-refractivity contribution is 5.94. The van der Waals surface area contributed by atoms with E-state index < -0.39 is 11.9 Å². The second-order valence-corrected chi connectivity index (χ2v) is 6.42. The normalized spacial score (nSPS) is 10.4. The number of benzene rings is 2. The van der Waals surface area contributed by atoms with E-state index in [0.29, 0.717) is 29.4 Å². The van der Waals surface area contributed by atoms with Crippen LogP contribution >= 0.6 is 0 Å². The number of nitrogens with zero attached hydrogens (tertiary/aromatic N) is 1. The third kappa shape index (κ3) is 5.68. The summed E-state index contributed by atoms with van der Waals surface area (Å²) < 4.78 is 15.9. The van der Waals surface area contributed by atoms with E-state index in [-0.39, 0.29) is 13.0 Å². The van der Waals surface area contributed by atoms with Crippen LogP contribution in [0.1, 0.15) is 23.4 Å². The van der Waals surface area contributed by atoms with Crippen molar-refractivity contribution in [1.82, 2.24) is 5.16 Å². The number of para-hydroxylation sites is 3. The Morgan fingerprint density at radius 1 is 1.03 bits per heavy atom. The zero-order valence-electron chi connectivity index (χ0n) is 16.3. The molecule has 0 radical (unpaired) electrons. The number of carbonyl (C=O) groups is 2. The molecule has 3 aromatic rings. The van der Waals surface area contributed by atoms with Crippen LogP contribution in [0, 0.1) is 13.8 Å². The molecule has 7 nitrogen and oxygen atoms in total. The second kappa shape index (κ2) is 9.54. The van der Waals surface area contributed by atoms with Crippen molar-refractivity contribution >= 4 is 17.6 Å². The van der Waals surface area contributed by atoms with E-state index in [9.17, 15) is 9.59 Å². The lowest BCUT2D eigenvalue weighted by atomic mass is 10.1. The average molecular weight is 394 g/mol. The maximum absolute atomic E-state index is 12.2. The molecule has 1 amide bonds. The van der Waals surface area contributed by atoms with Gasteiger partial charge in [0.1, 0.15) is 11.5 Å². The highest BCUT2D eigenvalue weighted by Gasteiger charge is 2.14. The lowest BCUT2D eigenvalue weighted by Gasteiger charge is -2.12. The molecular weight excluding hydrogens is 372 g/mol. The third-order valence-electron chi connectivity index (χ3n) is 4.26. The van der Waals surface area contributed by atoms with E-state index in [1.807, 2.05) is 43.3 Å². The Balaban J connectivity index is 1.50. The van der Waals surface area contributed by atoms with Crippen molar-refractivity contribution in [3.8, 4) is 11.5 Å². The Labute approximate surface area is 168 Å². The van der Waals surface area contributed by atoms with Gasteiger partial charge in [0, 0.05) is 12.0 Å². The molecule has 0 saturated heterocycles. The van der Waals surface area contributed by atoms with E-state index in [1.165, 1.54) is 0 Å². The van der Waals surface area contributed by atoms with Gasteiger partial charge in [0.15, 0.2) is 12.4 Å². The summed E-state index contributed by atoms with van der Waals surface area (Å²) in [6.07, 6.45) is 0.596. The Hall–Kier alpha value is -3.61. The highest BCUT2D eigenvalue weighted by Crippen LogP contribution is 2.29. The SMILES string of the molecule is Cc1noc(C)c1CCC(=O)OCC(=O)Nc1ccccc1Oc1ccccc1. The molecule has 0 spiro atoms. The summed E-state index contributed by atoms with van der Waals surface area (Å²) in [4.78, 5) is 24.1. The monoisotopic (exact) mass is 394 g/mol. The molecule has 3 rings (SSSR count). The van der Waals surface area contributed by atoms with Crippen molar-refractivity contribution in [2.24, 2.45) is 0 Å². The van der Waals surface area contributed by atoms with Gasteiger partial charge in [-0.3, -0.25) is 9.59 Å². The van der Waals surface area contributed by atoms with Crippen LogP contribution < -0.4 is 10.1 Å². The highest BCUT2D eigenvalue weighted by atomic mass is 16.5. The van der Waals surface area contributed by atoms with Gasteiger partial charge in [-0.25, -0.2) is 0 Å². The van der Waals surface area contributed by atoms with Crippen LogP contribution in [-0.2, 0) is 20.7 Å². The van der Waals surface area contributed by atoms with Crippen LogP contribution in [0.5, 0.6) is 11.5 Å². The maximum atomic E-state index is 12.2. The minimum absolute atomic E-state index is 0.143. The van der Waals surface area contributed by atoms with Gasteiger partial charge in [-0.1, -0.05) is 35.5 Å². The van der Waals surface area contributed by atoms with Gasteiger partial charge in [0.2, 0.25) is 0 Å². The van der Waals surface area contributed by atoms with Crippen molar-refractivity contribution < 1.29 is 23.6 Å². The molecule has 0 unspecified atom stereocenters. The maximum Gasteiger partial charge on any atom is 0.306 e. The van der Waals surface area contributed by atoms with Crippen molar-refractivity contribution in [3.05, 3.63) is 71.6 Å². The number of aromatic nitrogens is 1. The number of ether oxygens (including phenoxy) is 2. The number of esters is 1. The number of nitrogens with one attached hydrogen (secondary N) is 1. The Bertz CT molecular complexity index is 962. The van der Waals surface area contributed by atoms with Gasteiger partial charge in [-0.2, -0.15) is 0 Å². The first-order valence-electron chi connectivity index (χ1n) is 9.22. The first kappa shape index (κ1) is 20.1. The molecule has 0 aliphatic rings. The summed E-state index contributed by atoms with van der Waals surface area (Å²) in [7, 11) is 0. The lowest BCUT2D eigenvalue weighted by molar-refractivity contribution is -0.147. The number of aryl methyl sites for hydroxylation is 2. The van der Waals surface area contributed by atoms with Gasteiger partial charge in [0.25, 0.3) is 5.91 Å². The molecule has 0 fully saturated rings. The minimum Gasteiger partial charge on any atom is -0.456 e. The predicted octanol–water partition coefficient (Wildman–Crippen LogP) is 4.20. The molecule has 2 aromatic carbocycles. The fourth-order valence-electron chi connectivity index (χ4n) is 2.76. The molecule has 1 aromatic heterocycles. The van der Waals surface area contributed by atoms with Gasteiger partial charge in [0.05, 0.1) is 11.4 Å². The molecule has 7 heteroatoms. The van der Waals surface area contributed by atoms with E-state index >= 15 is 0 Å². The topological polar surface area (TPSA) is 90.7 Å². The van der Waals surface area contributed by atoms with E-state index in [0.717, 1.165) is 11.3 Å². The van der Waals surface area contributed by atoms with Crippen molar-refractivity contribution in [3.63, 3.8) is 0 Å². The van der Waals surface area contributed by atoms with Gasteiger partial charge in [-0.05, 0) is 44.5 Å². The van der Waals surface area contributed by atoms with Gasteiger partial charge < -0.3 is 19.3 Å². The smallest absolute Gasteiger partial charge is 0.306 e. The molecule has 150 valence electrons. The number of carbonyl (C=O) groups excluding carboxylic acids is 2. The largest absolute Gasteiger partial charge is 0.456 e. The average Bonchev–Trinajstić information content (AvgIpc) is 3.04. The summed E-state index contributed by atoms with van der Waals surface area (Å²) in [5.41, 5.74) is 2.13. The molecule has 1 heterocycles. The number of anilines is 1. The summed E-state index contributed by atoms with van der Waals surface area (Å²) in [6.45, 7) is 3.24. The van der Waals surface area contributed by atoms with Crippen molar-refractivity contribution in [2.75, 3.05) is 11.9 Å². The summed E-state index contributed by atoms with van der Waals surface area (Å²) in [6, 6.07) is 16.3. The first-order chi connectivity index (χ1) is 14.0. The predicted molar refractivity (Wildman–Crippen MR) is 107 cm³/mol. The summed E-state index contributed by atoms with van der Waals surface area (Å²) >= 11 is 0. The molecule has 0 aliphatic carbocycles. The first-order valence-corrected chi connectivity index (χ1v) is 9.22. The molecular formula is C22H22N2O5.